The molecule has 28 heavy (non-hydrogen) atoms. The Labute approximate surface area is 165 Å². The van der Waals surface area contributed by atoms with Gasteiger partial charge >= 0.3 is 0 Å². The first-order valence-corrected chi connectivity index (χ1v) is 10.6. The Morgan fingerprint density at radius 2 is 1.75 bits per heavy atom. The van der Waals surface area contributed by atoms with Gasteiger partial charge < -0.3 is 14.4 Å². The average molecular weight is 404 g/mol. The van der Waals surface area contributed by atoms with Crippen LogP contribution in [0, 0.1) is 0 Å². The van der Waals surface area contributed by atoms with Crippen LogP contribution >= 0.6 is 0 Å². The smallest absolute Gasteiger partial charge is 0.261 e. The predicted molar refractivity (Wildman–Crippen MR) is 107 cm³/mol. The summed E-state index contributed by atoms with van der Waals surface area (Å²) in [7, 11) is -0.909. The van der Waals surface area contributed by atoms with E-state index in [0.29, 0.717) is 30.3 Å². The van der Waals surface area contributed by atoms with Crippen LogP contribution in [0.4, 0.5) is 5.69 Å². The van der Waals surface area contributed by atoms with E-state index in [-0.39, 0.29) is 16.4 Å². The van der Waals surface area contributed by atoms with Gasteiger partial charge in [0.15, 0.2) is 0 Å². The Morgan fingerprint density at radius 1 is 1.00 bits per heavy atom. The fourth-order valence-corrected chi connectivity index (χ4v) is 4.26. The number of carbonyl (C=O) groups excluding carboxylic acids is 1. The zero-order chi connectivity index (χ0) is 20.1. The highest BCUT2D eigenvalue weighted by Crippen LogP contribution is 2.27. The third-order valence-electron chi connectivity index (χ3n) is 4.68. The van der Waals surface area contributed by atoms with Crippen LogP contribution in [0.25, 0.3) is 0 Å². The highest BCUT2D eigenvalue weighted by atomic mass is 32.2. The summed E-state index contributed by atoms with van der Waals surface area (Å²) in [6, 6.07) is 10.9. The predicted octanol–water partition coefficient (Wildman–Crippen LogP) is 3.13. The van der Waals surface area contributed by atoms with E-state index in [1.165, 1.54) is 32.4 Å². The zero-order valence-corrected chi connectivity index (χ0v) is 16.8. The summed E-state index contributed by atoms with van der Waals surface area (Å²) in [5.41, 5.74) is 0.622. The Balaban J connectivity index is 1.91. The van der Waals surface area contributed by atoms with E-state index in [2.05, 4.69) is 4.72 Å². The molecule has 0 aromatic heterocycles. The van der Waals surface area contributed by atoms with Crippen molar-refractivity contribution in [2.24, 2.45) is 0 Å². The second-order valence-electron chi connectivity index (χ2n) is 6.55. The van der Waals surface area contributed by atoms with Crippen molar-refractivity contribution in [3.63, 3.8) is 0 Å². The summed E-state index contributed by atoms with van der Waals surface area (Å²) in [5.74, 6) is 0.682. The van der Waals surface area contributed by atoms with Crippen LogP contribution in [0.5, 0.6) is 11.5 Å². The Morgan fingerprint density at radius 3 is 2.43 bits per heavy atom. The number of methoxy groups -OCH3 is 2. The number of rotatable bonds is 6. The van der Waals surface area contributed by atoms with Crippen molar-refractivity contribution in [2.45, 2.75) is 24.2 Å². The van der Waals surface area contributed by atoms with Crippen molar-refractivity contribution in [3.8, 4) is 11.5 Å². The number of benzene rings is 2. The number of nitrogens with one attached hydrogen (secondary N) is 1. The van der Waals surface area contributed by atoms with E-state index in [9.17, 15) is 13.2 Å². The van der Waals surface area contributed by atoms with Crippen LogP contribution in [0.3, 0.4) is 0 Å². The fourth-order valence-electron chi connectivity index (χ4n) is 3.19. The fraction of sp³-hybridized carbons (Fsp3) is 0.350. The van der Waals surface area contributed by atoms with E-state index in [1.807, 2.05) is 0 Å². The number of nitrogens with zero attached hydrogens (tertiary/aromatic N) is 1. The van der Waals surface area contributed by atoms with Gasteiger partial charge in [0.1, 0.15) is 11.5 Å². The summed E-state index contributed by atoms with van der Waals surface area (Å²) >= 11 is 0. The number of sulfonamides is 1. The molecule has 150 valence electrons. The van der Waals surface area contributed by atoms with Crippen molar-refractivity contribution >= 4 is 21.6 Å². The SMILES string of the molecule is COc1cccc(NS(=O)(=O)c2ccc(OC)c(C(=O)N3CCCCC3)c2)c1. The molecule has 1 amide bonds. The summed E-state index contributed by atoms with van der Waals surface area (Å²) in [5, 5.41) is 0. The molecular weight excluding hydrogens is 380 g/mol. The number of ether oxygens (including phenoxy) is 2. The molecule has 0 unspecified atom stereocenters. The van der Waals surface area contributed by atoms with Crippen molar-refractivity contribution in [1.29, 1.82) is 0 Å². The minimum absolute atomic E-state index is 0.00326. The highest BCUT2D eigenvalue weighted by Gasteiger charge is 2.24. The molecule has 0 aliphatic carbocycles. The molecule has 1 saturated heterocycles. The van der Waals surface area contributed by atoms with Gasteiger partial charge in [-0.15, -0.1) is 0 Å². The van der Waals surface area contributed by atoms with Gasteiger partial charge in [-0.1, -0.05) is 6.07 Å². The quantitative estimate of drug-likeness (QED) is 0.800. The summed E-state index contributed by atoms with van der Waals surface area (Å²) in [6.07, 6.45) is 2.99. The van der Waals surface area contributed by atoms with E-state index in [0.717, 1.165) is 19.3 Å². The lowest BCUT2D eigenvalue weighted by Crippen LogP contribution is -2.35. The van der Waals surface area contributed by atoms with Gasteiger partial charge in [-0.25, -0.2) is 8.42 Å². The van der Waals surface area contributed by atoms with Crippen LogP contribution in [0.2, 0.25) is 0 Å². The van der Waals surface area contributed by atoms with E-state index >= 15 is 0 Å². The maximum atomic E-state index is 12.9. The minimum Gasteiger partial charge on any atom is -0.497 e. The first-order valence-electron chi connectivity index (χ1n) is 9.09. The van der Waals surface area contributed by atoms with Gasteiger partial charge in [0.2, 0.25) is 0 Å². The van der Waals surface area contributed by atoms with Crippen molar-refractivity contribution < 1.29 is 22.7 Å². The van der Waals surface area contributed by atoms with Crippen molar-refractivity contribution in [1.82, 2.24) is 4.90 Å². The van der Waals surface area contributed by atoms with Gasteiger partial charge in [-0.05, 0) is 49.6 Å². The molecule has 1 N–H and O–H groups in total. The number of likely N-dealkylation sites (tertiary alicyclic amines) is 1. The van der Waals surface area contributed by atoms with Gasteiger partial charge in [0.25, 0.3) is 15.9 Å². The molecule has 0 spiro atoms. The molecule has 3 rings (SSSR count). The number of carbonyl (C=O) groups is 1. The Kier molecular flexibility index (Phi) is 6.08. The molecule has 1 aliphatic heterocycles. The topological polar surface area (TPSA) is 84.9 Å². The Hall–Kier alpha value is -2.74. The first-order chi connectivity index (χ1) is 13.4. The highest BCUT2D eigenvalue weighted by molar-refractivity contribution is 7.92. The molecule has 1 aliphatic rings. The molecular formula is C20H24N2O5S. The van der Waals surface area contributed by atoms with Crippen LogP contribution in [-0.2, 0) is 10.0 Å². The van der Waals surface area contributed by atoms with Crippen molar-refractivity contribution in [3.05, 3.63) is 48.0 Å². The maximum Gasteiger partial charge on any atom is 0.261 e. The molecule has 2 aromatic rings. The molecule has 0 bridgehead atoms. The lowest BCUT2D eigenvalue weighted by Gasteiger charge is -2.27. The second kappa shape index (κ2) is 8.52. The third kappa shape index (κ3) is 4.39. The second-order valence-corrected chi connectivity index (χ2v) is 8.23. The van der Waals surface area contributed by atoms with Gasteiger partial charge in [0.05, 0.1) is 30.4 Å². The zero-order valence-electron chi connectivity index (χ0n) is 16.0. The third-order valence-corrected chi connectivity index (χ3v) is 6.06. The van der Waals surface area contributed by atoms with Crippen LogP contribution in [0.1, 0.15) is 29.6 Å². The largest absolute Gasteiger partial charge is 0.497 e. The molecule has 1 heterocycles. The van der Waals surface area contributed by atoms with Gasteiger partial charge in [0, 0.05) is 19.2 Å². The van der Waals surface area contributed by atoms with Crippen LogP contribution in [-0.4, -0.2) is 46.5 Å². The summed E-state index contributed by atoms with van der Waals surface area (Å²) in [6.45, 7) is 1.34. The maximum absolute atomic E-state index is 12.9. The standard InChI is InChI=1S/C20H24N2O5S/c1-26-16-8-6-7-15(13-16)21-28(24,25)17-9-10-19(27-2)18(14-17)20(23)22-11-4-3-5-12-22/h6-10,13-14,21H,3-5,11-12H2,1-2H3. The number of anilines is 1. The summed E-state index contributed by atoms with van der Waals surface area (Å²) in [4.78, 5) is 14.7. The lowest BCUT2D eigenvalue weighted by molar-refractivity contribution is 0.0720. The first kappa shape index (κ1) is 20.0. The molecule has 2 aromatic carbocycles. The van der Waals surface area contributed by atoms with E-state index < -0.39 is 10.0 Å². The van der Waals surface area contributed by atoms with Crippen LogP contribution in [0.15, 0.2) is 47.4 Å². The monoisotopic (exact) mass is 404 g/mol. The minimum atomic E-state index is -3.88. The molecule has 0 saturated carbocycles. The number of hydrogen-bond acceptors (Lipinski definition) is 5. The Bertz CT molecular complexity index is 953. The van der Waals surface area contributed by atoms with Crippen molar-refractivity contribution in [2.75, 3.05) is 32.0 Å². The molecule has 1 fully saturated rings. The lowest BCUT2D eigenvalue weighted by atomic mass is 10.1. The van der Waals surface area contributed by atoms with E-state index in [1.54, 1.807) is 29.2 Å². The number of amides is 1. The van der Waals surface area contributed by atoms with Gasteiger partial charge in [-0.3, -0.25) is 9.52 Å². The molecule has 8 heteroatoms. The average Bonchev–Trinajstić information content (AvgIpc) is 2.73. The molecule has 7 nitrogen and oxygen atoms in total. The molecule has 0 atom stereocenters. The van der Waals surface area contributed by atoms with E-state index in [4.69, 9.17) is 9.47 Å². The summed E-state index contributed by atoms with van der Waals surface area (Å²) < 4.78 is 38.6. The number of piperidine rings is 1. The number of hydrogen-bond donors (Lipinski definition) is 1. The normalized spacial score (nSPS) is 14.4. The molecule has 0 radical (unpaired) electrons. The van der Waals surface area contributed by atoms with Crippen LogP contribution < -0.4 is 14.2 Å². The van der Waals surface area contributed by atoms with Gasteiger partial charge in [-0.2, -0.15) is 0 Å².